The summed E-state index contributed by atoms with van der Waals surface area (Å²) in [4.78, 5) is 2.21. The predicted octanol–water partition coefficient (Wildman–Crippen LogP) is 4.19. The SMILES string of the molecule is Cc1ccc(C(O)C2(N(C)C)CCCC(C)C2)cc1Cl. The monoisotopic (exact) mass is 295 g/mol. The number of halogens is 1. The minimum atomic E-state index is -0.488. The molecule has 2 nitrogen and oxygen atoms in total. The molecule has 0 spiro atoms. The number of hydrogen-bond acceptors (Lipinski definition) is 2. The van der Waals surface area contributed by atoms with Gasteiger partial charge in [-0.2, -0.15) is 0 Å². The van der Waals surface area contributed by atoms with Crippen molar-refractivity contribution in [3.05, 3.63) is 34.3 Å². The standard InChI is InChI=1S/C17H26ClNO/c1-12-6-5-9-17(11-12,19(3)4)16(20)14-8-7-13(2)15(18)10-14/h7-8,10,12,16,20H,5-6,9,11H2,1-4H3. The molecule has 0 saturated heterocycles. The molecule has 3 atom stereocenters. The normalized spacial score (nSPS) is 28.6. The molecular weight excluding hydrogens is 270 g/mol. The summed E-state index contributed by atoms with van der Waals surface area (Å²) in [5.74, 6) is 0.654. The fourth-order valence-electron chi connectivity index (χ4n) is 3.55. The molecule has 0 heterocycles. The van der Waals surface area contributed by atoms with Crippen LogP contribution < -0.4 is 0 Å². The van der Waals surface area contributed by atoms with Crippen molar-refractivity contribution in [2.45, 2.75) is 51.2 Å². The Labute approximate surface area is 127 Å². The third kappa shape index (κ3) is 2.88. The van der Waals surface area contributed by atoms with Gasteiger partial charge in [-0.25, -0.2) is 0 Å². The van der Waals surface area contributed by atoms with E-state index in [2.05, 4.69) is 25.9 Å². The molecule has 3 unspecified atom stereocenters. The molecule has 1 N–H and O–H groups in total. The Morgan fingerprint density at radius 2 is 2.10 bits per heavy atom. The van der Waals surface area contributed by atoms with E-state index in [4.69, 9.17) is 11.6 Å². The number of rotatable bonds is 3. The summed E-state index contributed by atoms with van der Waals surface area (Å²) in [6.07, 6.45) is 4.02. The van der Waals surface area contributed by atoms with Crippen LogP contribution in [0, 0.1) is 12.8 Å². The van der Waals surface area contributed by atoms with Gasteiger partial charge in [0, 0.05) is 5.02 Å². The minimum Gasteiger partial charge on any atom is -0.386 e. The molecule has 0 aliphatic heterocycles. The lowest BCUT2D eigenvalue weighted by molar-refractivity contribution is -0.0450. The van der Waals surface area contributed by atoms with E-state index in [-0.39, 0.29) is 5.54 Å². The van der Waals surface area contributed by atoms with Crippen LogP contribution in [0.2, 0.25) is 5.02 Å². The molecule has 1 aromatic carbocycles. The maximum absolute atomic E-state index is 11.0. The first-order valence-electron chi connectivity index (χ1n) is 7.48. The van der Waals surface area contributed by atoms with Gasteiger partial charge in [0.15, 0.2) is 0 Å². The summed E-state index contributed by atoms with van der Waals surface area (Å²) in [5, 5.41) is 11.7. The molecule has 1 saturated carbocycles. The molecule has 1 aliphatic rings. The van der Waals surface area contributed by atoms with E-state index in [1.54, 1.807) is 0 Å². The van der Waals surface area contributed by atoms with E-state index < -0.39 is 6.10 Å². The van der Waals surface area contributed by atoms with Crippen LogP contribution in [0.5, 0.6) is 0 Å². The van der Waals surface area contributed by atoms with Crippen LogP contribution in [0.1, 0.15) is 49.8 Å². The maximum Gasteiger partial charge on any atom is 0.0974 e. The summed E-state index contributed by atoms with van der Waals surface area (Å²) in [7, 11) is 4.16. The highest BCUT2D eigenvalue weighted by Crippen LogP contribution is 2.44. The Bertz CT molecular complexity index is 474. The van der Waals surface area contributed by atoms with Crippen LogP contribution in [-0.2, 0) is 0 Å². The predicted molar refractivity (Wildman–Crippen MR) is 85.2 cm³/mol. The van der Waals surface area contributed by atoms with Crippen LogP contribution in [0.4, 0.5) is 0 Å². The van der Waals surface area contributed by atoms with E-state index in [0.717, 1.165) is 29.0 Å². The maximum atomic E-state index is 11.0. The molecular formula is C17H26ClNO. The second-order valence-electron chi connectivity index (χ2n) is 6.61. The van der Waals surface area contributed by atoms with E-state index in [1.165, 1.54) is 12.8 Å². The number of likely N-dealkylation sites (N-methyl/N-ethyl adjacent to an activating group) is 1. The van der Waals surface area contributed by atoms with E-state index >= 15 is 0 Å². The fourth-order valence-corrected chi connectivity index (χ4v) is 3.74. The number of aliphatic hydroxyl groups is 1. The van der Waals surface area contributed by atoms with Gasteiger partial charge >= 0.3 is 0 Å². The lowest BCUT2D eigenvalue weighted by Crippen LogP contribution is -2.52. The van der Waals surface area contributed by atoms with Crippen molar-refractivity contribution in [3.8, 4) is 0 Å². The van der Waals surface area contributed by atoms with Crippen LogP contribution >= 0.6 is 11.6 Å². The first-order chi connectivity index (χ1) is 9.36. The molecule has 0 radical (unpaired) electrons. The second kappa shape index (κ2) is 6.05. The van der Waals surface area contributed by atoms with Gasteiger partial charge in [-0.1, -0.05) is 43.5 Å². The number of aliphatic hydroxyl groups excluding tert-OH is 1. The number of nitrogens with zero attached hydrogens (tertiary/aromatic N) is 1. The summed E-state index contributed by atoms with van der Waals surface area (Å²) >= 11 is 6.23. The smallest absolute Gasteiger partial charge is 0.0974 e. The van der Waals surface area contributed by atoms with Crippen LogP contribution in [-0.4, -0.2) is 29.6 Å². The fraction of sp³-hybridized carbons (Fsp3) is 0.647. The molecule has 0 aromatic heterocycles. The first-order valence-corrected chi connectivity index (χ1v) is 7.86. The van der Waals surface area contributed by atoms with Crippen molar-refractivity contribution in [3.63, 3.8) is 0 Å². The topological polar surface area (TPSA) is 23.5 Å². The molecule has 112 valence electrons. The zero-order valence-electron chi connectivity index (χ0n) is 13.0. The molecule has 3 heteroatoms. The molecule has 2 rings (SSSR count). The van der Waals surface area contributed by atoms with Crippen molar-refractivity contribution in [2.75, 3.05) is 14.1 Å². The Morgan fingerprint density at radius 3 is 2.65 bits per heavy atom. The zero-order chi connectivity index (χ0) is 14.9. The summed E-state index contributed by atoms with van der Waals surface area (Å²) in [6.45, 7) is 4.27. The van der Waals surface area contributed by atoms with Gasteiger partial charge < -0.3 is 10.0 Å². The average molecular weight is 296 g/mol. The van der Waals surface area contributed by atoms with Crippen LogP contribution in [0.15, 0.2) is 18.2 Å². The van der Waals surface area contributed by atoms with E-state index in [0.29, 0.717) is 5.92 Å². The quantitative estimate of drug-likeness (QED) is 0.904. The molecule has 1 aliphatic carbocycles. The Balaban J connectivity index is 2.35. The lowest BCUT2D eigenvalue weighted by atomic mass is 9.71. The summed E-state index contributed by atoms with van der Waals surface area (Å²) in [6, 6.07) is 5.93. The van der Waals surface area contributed by atoms with Crippen molar-refractivity contribution < 1.29 is 5.11 Å². The number of aryl methyl sites for hydroxylation is 1. The Morgan fingerprint density at radius 1 is 1.40 bits per heavy atom. The summed E-state index contributed by atoms with van der Waals surface area (Å²) < 4.78 is 0. The molecule has 0 bridgehead atoms. The average Bonchev–Trinajstić information content (AvgIpc) is 2.40. The number of benzene rings is 1. The Hall–Kier alpha value is -0.570. The molecule has 1 aromatic rings. The highest BCUT2D eigenvalue weighted by Gasteiger charge is 2.43. The van der Waals surface area contributed by atoms with Crippen LogP contribution in [0.25, 0.3) is 0 Å². The first kappa shape index (κ1) is 15.8. The van der Waals surface area contributed by atoms with E-state index in [1.807, 2.05) is 25.1 Å². The van der Waals surface area contributed by atoms with Gasteiger partial charge in [0.25, 0.3) is 0 Å². The minimum absolute atomic E-state index is 0.170. The second-order valence-corrected chi connectivity index (χ2v) is 7.02. The third-order valence-corrected chi connectivity index (χ3v) is 5.33. The third-order valence-electron chi connectivity index (χ3n) is 4.92. The van der Waals surface area contributed by atoms with E-state index in [9.17, 15) is 5.11 Å². The van der Waals surface area contributed by atoms with Crippen molar-refractivity contribution in [1.82, 2.24) is 4.90 Å². The highest BCUT2D eigenvalue weighted by atomic mass is 35.5. The largest absolute Gasteiger partial charge is 0.386 e. The molecule has 0 amide bonds. The van der Waals surface area contributed by atoms with Gasteiger partial charge in [0.1, 0.15) is 0 Å². The Kier molecular flexibility index (Phi) is 4.78. The number of hydrogen-bond donors (Lipinski definition) is 1. The lowest BCUT2D eigenvalue weighted by Gasteiger charge is -2.48. The van der Waals surface area contributed by atoms with Gasteiger partial charge in [-0.15, -0.1) is 0 Å². The molecule has 1 fully saturated rings. The van der Waals surface area contributed by atoms with Crippen molar-refractivity contribution in [1.29, 1.82) is 0 Å². The zero-order valence-corrected chi connectivity index (χ0v) is 13.7. The van der Waals surface area contributed by atoms with Gasteiger partial charge in [0.05, 0.1) is 11.6 Å². The van der Waals surface area contributed by atoms with Crippen molar-refractivity contribution in [2.24, 2.45) is 5.92 Å². The van der Waals surface area contributed by atoms with Gasteiger partial charge in [-0.05, 0) is 57.0 Å². The van der Waals surface area contributed by atoms with Gasteiger partial charge in [-0.3, -0.25) is 0 Å². The molecule has 20 heavy (non-hydrogen) atoms. The highest BCUT2D eigenvalue weighted by molar-refractivity contribution is 6.31. The van der Waals surface area contributed by atoms with Crippen LogP contribution in [0.3, 0.4) is 0 Å². The summed E-state index contributed by atoms with van der Waals surface area (Å²) in [5.41, 5.74) is 1.82. The van der Waals surface area contributed by atoms with Crippen molar-refractivity contribution >= 4 is 11.6 Å². The van der Waals surface area contributed by atoms with Gasteiger partial charge in [0.2, 0.25) is 0 Å².